The van der Waals surface area contributed by atoms with Crippen molar-refractivity contribution in [2.45, 2.75) is 6.92 Å². The third kappa shape index (κ3) is 1.45. The lowest BCUT2D eigenvalue weighted by Gasteiger charge is -2.04. The molecular formula is C11H12N6. The maximum absolute atomic E-state index is 5.59. The smallest absolute Gasteiger partial charge is 0.240 e. The maximum Gasteiger partial charge on any atom is 0.240 e. The highest BCUT2D eigenvalue weighted by Crippen LogP contribution is 2.23. The van der Waals surface area contributed by atoms with Crippen molar-refractivity contribution in [3.8, 4) is 11.1 Å². The van der Waals surface area contributed by atoms with Crippen LogP contribution in [0.15, 0.2) is 24.5 Å². The van der Waals surface area contributed by atoms with E-state index >= 15 is 0 Å². The Morgan fingerprint density at radius 1 is 1.29 bits per heavy atom. The molecule has 0 aromatic carbocycles. The summed E-state index contributed by atoms with van der Waals surface area (Å²) >= 11 is 0. The van der Waals surface area contributed by atoms with E-state index in [-0.39, 0.29) is 5.95 Å². The van der Waals surface area contributed by atoms with Crippen LogP contribution in [0.25, 0.3) is 16.8 Å². The van der Waals surface area contributed by atoms with Gasteiger partial charge >= 0.3 is 0 Å². The molecule has 86 valence electrons. The molecule has 6 heteroatoms. The van der Waals surface area contributed by atoms with Gasteiger partial charge in [-0.3, -0.25) is 4.68 Å². The number of hydrogen-bond donors (Lipinski definition) is 1. The topological polar surface area (TPSA) is 74.0 Å². The minimum Gasteiger partial charge on any atom is -0.366 e. The van der Waals surface area contributed by atoms with Gasteiger partial charge in [-0.1, -0.05) is 0 Å². The normalized spacial score (nSPS) is 11.2. The zero-order valence-corrected chi connectivity index (χ0v) is 9.62. The highest BCUT2D eigenvalue weighted by atomic mass is 15.3. The van der Waals surface area contributed by atoms with Crippen molar-refractivity contribution >= 4 is 11.6 Å². The summed E-state index contributed by atoms with van der Waals surface area (Å²) in [5.41, 5.74) is 9.49. The van der Waals surface area contributed by atoms with Gasteiger partial charge in [0.05, 0.1) is 6.20 Å². The van der Waals surface area contributed by atoms with Crippen LogP contribution in [0.2, 0.25) is 0 Å². The molecule has 0 atom stereocenters. The summed E-state index contributed by atoms with van der Waals surface area (Å²) in [6.07, 6.45) is 3.79. The summed E-state index contributed by atoms with van der Waals surface area (Å²) in [6.45, 7) is 1.99. The number of aryl methyl sites for hydroxylation is 2. The number of nitrogens with two attached hydrogens (primary N) is 1. The summed E-state index contributed by atoms with van der Waals surface area (Å²) in [7, 11) is 1.89. The van der Waals surface area contributed by atoms with Crippen molar-refractivity contribution in [2.75, 3.05) is 5.73 Å². The van der Waals surface area contributed by atoms with Crippen LogP contribution < -0.4 is 5.73 Å². The molecule has 0 aliphatic heterocycles. The SMILES string of the molecule is Cc1c(-c2cnn(C)c2)ccc2nc(N)nn12. The Bertz CT molecular complexity index is 693. The van der Waals surface area contributed by atoms with Crippen molar-refractivity contribution in [3.63, 3.8) is 0 Å². The number of anilines is 1. The van der Waals surface area contributed by atoms with Gasteiger partial charge in [-0.05, 0) is 19.1 Å². The van der Waals surface area contributed by atoms with Crippen LogP contribution in [-0.4, -0.2) is 24.4 Å². The Kier molecular flexibility index (Phi) is 1.91. The molecule has 6 nitrogen and oxygen atoms in total. The minimum absolute atomic E-state index is 0.288. The number of aromatic nitrogens is 5. The molecule has 0 amide bonds. The predicted molar refractivity (Wildman–Crippen MR) is 64.3 cm³/mol. The molecule has 3 rings (SSSR count). The monoisotopic (exact) mass is 228 g/mol. The van der Waals surface area contributed by atoms with Gasteiger partial charge in [0.15, 0.2) is 5.65 Å². The molecular weight excluding hydrogens is 216 g/mol. The first-order valence-electron chi connectivity index (χ1n) is 5.26. The van der Waals surface area contributed by atoms with E-state index < -0.39 is 0 Å². The number of nitrogens with zero attached hydrogens (tertiary/aromatic N) is 5. The lowest BCUT2D eigenvalue weighted by atomic mass is 10.1. The molecule has 0 saturated carbocycles. The molecule has 0 radical (unpaired) electrons. The van der Waals surface area contributed by atoms with E-state index in [0.29, 0.717) is 0 Å². The maximum atomic E-state index is 5.59. The molecule has 0 aliphatic rings. The van der Waals surface area contributed by atoms with Crippen molar-refractivity contribution in [1.29, 1.82) is 0 Å². The van der Waals surface area contributed by atoms with E-state index in [1.165, 1.54) is 0 Å². The Morgan fingerprint density at radius 3 is 2.82 bits per heavy atom. The van der Waals surface area contributed by atoms with Crippen LogP contribution in [0.4, 0.5) is 5.95 Å². The number of nitrogen functional groups attached to an aromatic ring is 1. The van der Waals surface area contributed by atoms with Gasteiger partial charge in [0, 0.05) is 30.1 Å². The zero-order chi connectivity index (χ0) is 12.0. The van der Waals surface area contributed by atoms with Crippen molar-refractivity contribution in [2.24, 2.45) is 7.05 Å². The summed E-state index contributed by atoms with van der Waals surface area (Å²) < 4.78 is 3.52. The third-order valence-electron chi connectivity index (χ3n) is 2.77. The van der Waals surface area contributed by atoms with Gasteiger partial charge in [0.1, 0.15) is 0 Å². The van der Waals surface area contributed by atoms with E-state index in [2.05, 4.69) is 15.2 Å². The van der Waals surface area contributed by atoms with Crippen molar-refractivity contribution in [1.82, 2.24) is 24.4 Å². The van der Waals surface area contributed by atoms with Crippen LogP contribution in [0.3, 0.4) is 0 Å². The predicted octanol–water partition coefficient (Wildman–Crippen LogP) is 1.02. The van der Waals surface area contributed by atoms with E-state index in [4.69, 9.17) is 5.73 Å². The Hall–Kier alpha value is -2.37. The molecule has 0 fully saturated rings. The molecule has 0 unspecified atom stereocenters. The van der Waals surface area contributed by atoms with Crippen LogP contribution in [0, 0.1) is 6.92 Å². The Morgan fingerprint density at radius 2 is 2.12 bits per heavy atom. The quantitative estimate of drug-likeness (QED) is 0.674. The average Bonchev–Trinajstić information content (AvgIpc) is 2.85. The van der Waals surface area contributed by atoms with Gasteiger partial charge in [0.2, 0.25) is 5.95 Å². The van der Waals surface area contributed by atoms with E-state index in [0.717, 1.165) is 22.5 Å². The fraction of sp³-hybridized carbons (Fsp3) is 0.182. The molecule has 2 N–H and O–H groups in total. The third-order valence-corrected chi connectivity index (χ3v) is 2.77. The van der Waals surface area contributed by atoms with E-state index in [9.17, 15) is 0 Å². The fourth-order valence-corrected chi connectivity index (χ4v) is 1.95. The van der Waals surface area contributed by atoms with Crippen LogP contribution >= 0.6 is 0 Å². The number of fused-ring (bicyclic) bond motifs is 1. The van der Waals surface area contributed by atoms with Crippen molar-refractivity contribution < 1.29 is 0 Å². The van der Waals surface area contributed by atoms with E-state index in [1.807, 2.05) is 38.5 Å². The molecule has 3 heterocycles. The van der Waals surface area contributed by atoms with Gasteiger partial charge in [-0.2, -0.15) is 10.1 Å². The standard InChI is InChI=1S/C11H12N6/c1-7-9(8-5-13-16(2)6-8)3-4-10-14-11(12)15-17(7)10/h3-6H,1-2H3,(H2,12,15). The molecule has 0 spiro atoms. The van der Waals surface area contributed by atoms with Gasteiger partial charge < -0.3 is 5.73 Å². The molecule has 0 saturated heterocycles. The van der Waals surface area contributed by atoms with Gasteiger partial charge in [-0.25, -0.2) is 4.52 Å². The van der Waals surface area contributed by atoms with E-state index in [1.54, 1.807) is 9.20 Å². The molecule has 17 heavy (non-hydrogen) atoms. The highest BCUT2D eigenvalue weighted by molar-refractivity contribution is 5.66. The van der Waals surface area contributed by atoms with Crippen molar-refractivity contribution in [3.05, 3.63) is 30.2 Å². The fourth-order valence-electron chi connectivity index (χ4n) is 1.95. The highest BCUT2D eigenvalue weighted by Gasteiger charge is 2.09. The summed E-state index contributed by atoms with van der Waals surface area (Å²) in [5.74, 6) is 0.288. The molecule has 3 aromatic heterocycles. The average molecular weight is 228 g/mol. The first-order chi connectivity index (χ1) is 8.15. The van der Waals surface area contributed by atoms with Gasteiger partial charge in [-0.15, -0.1) is 5.10 Å². The van der Waals surface area contributed by atoms with Gasteiger partial charge in [0.25, 0.3) is 0 Å². The first kappa shape index (κ1) is 9.83. The van der Waals surface area contributed by atoms with Crippen LogP contribution in [-0.2, 0) is 7.05 Å². The lowest BCUT2D eigenvalue weighted by Crippen LogP contribution is -1.96. The summed E-state index contributed by atoms with van der Waals surface area (Å²) in [5, 5.41) is 8.33. The zero-order valence-electron chi connectivity index (χ0n) is 9.62. The first-order valence-corrected chi connectivity index (χ1v) is 5.26. The molecule has 0 aliphatic carbocycles. The summed E-state index contributed by atoms with van der Waals surface area (Å²) in [4.78, 5) is 4.12. The number of pyridine rings is 1. The van der Waals surface area contributed by atoms with Crippen LogP contribution in [0.5, 0.6) is 0 Å². The largest absolute Gasteiger partial charge is 0.366 e. The Balaban J connectivity index is 2.27. The second kappa shape index (κ2) is 3.31. The Labute approximate surface area is 97.7 Å². The molecule has 3 aromatic rings. The summed E-state index contributed by atoms with van der Waals surface area (Å²) in [6, 6.07) is 3.91. The second-order valence-corrected chi connectivity index (χ2v) is 3.98. The lowest BCUT2D eigenvalue weighted by molar-refractivity contribution is 0.768. The number of rotatable bonds is 1. The number of hydrogen-bond acceptors (Lipinski definition) is 4. The molecule has 0 bridgehead atoms. The second-order valence-electron chi connectivity index (χ2n) is 3.98. The minimum atomic E-state index is 0.288. The van der Waals surface area contributed by atoms with Crippen LogP contribution in [0.1, 0.15) is 5.69 Å².